The van der Waals surface area contributed by atoms with Crippen LogP contribution in [0.2, 0.25) is 0 Å². The van der Waals surface area contributed by atoms with Crippen molar-refractivity contribution in [2.24, 2.45) is 0 Å². The van der Waals surface area contributed by atoms with E-state index in [9.17, 15) is 9.90 Å². The molecule has 0 aromatic heterocycles. The summed E-state index contributed by atoms with van der Waals surface area (Å²) in [5.74, 6) is -0.113. The molecule has 1 atom stereocenters. The lowest BCUT2D eigenvalue weighted by Crippen LogP contribution is -2.45. The fourth-order valence-electron chi connectivity index (χ4n) is 3.29. The number of esters is 1. The van der Waals surface area contributed by atoms with E-state index in [2.05, 4.69) is 52.2 Å². The topological polar surface area (TPSA) is 70.6 Å². The molecule has 1 aliphatic rings. The van der Waals surface area contributed by atoms with Crippen molar-refractivity contribution in [3.05, 3.63) is 40.1 Å². The summed E-state index contributed by atoms with van der Waals surface area (Å²) in [4.78, 5) is 12.4. The molecule has 0 radical (unpaired) electrons. The Balaban J connectivity index is 2.78. The van der Waals surface area contributed by atoms with Gasteiger partial charge in [-0.2, -0.15) is 0 Å². The number of carbonyl (C=O) groups excluding carboxylic acids is 1. The molecular formula is C21H30N2O3S. The van der Waals surface area contributed by atoms with Crippen LogP contribution in [0.25, 0.3) is 0 Å². The van der Waals surface area contributed by atoms with Crippen molar-refractivity contribution in [1.29, 1.82) is 0 Å². The van der Waals surface area contributed by atoms with Crippen molar-refractivity contribution in [2.45, 2.75) is 65.3 Å². The second-order valence-corrected chi connectivity index (χ2v) is 9.43. The quantitative estimate of drug-likeness (QED) is 0.525. The Morgan fingerprint density at radius 2 is 1.59 bits per heavy atom. The largest absolute Gasteiger partial charge is 0.507 e. The van der Waals surface area contributed by atoms with Crippen molar-refractivity contribution in [2.75, 3.05) is 7.11 Å². The van der Waals surface area contributed by atoms with Crippen LogP contribution in [0.3, 0.4) is 0 Å². The average Bonchev–Trinajstić information content (AvgIpc) is 2.51. The van der Waals surface area contributed by atoms with Crippen LogP contribution in [0.4, 0.5) is 0 Å². The molecule has 0 aliphatic carbocycles. The van der Waals surface area contributed by atoms with Gasteiger partial charge >= 0.3 is 5.97 Å². The lowest BCUT2D eigenvalue weighted by Gasteiger charge is -2.33. The normalized spacial score (nSPS) is 18.1. The van der Waals surface area contributed by atoms with Gasteiger partial charge in [-0.1, -0.05) is 41.5 Å². The highest BCUT2D eigenvalue weighted by Crippen LogP contribution is 2.42. The number of carbonyl (C=O) groups is 1. The van der Waals surface area contributed by atoms with Crippen LogP contribution in [0.1, 0.15) is 71.2 Å². The number of thiocarbonyl (C=S) groups is 1. The van der Waals surface area contributed by atoms with Crippen LogP contribution in [0.5, 0.6) is 5.75 Å². The third kappa shape index (κ3) is 4.26. The molecule has 2 rings (SSSR count). The van der Waals surface area contributed by atoms with Gasteiger partial charge in [-0.25, -0.2) is 4.79 Å². The van der Waals surface area contributed by atoms with Crippen LogP contribution in [0, 0.1) is 0 Å². The molecule has 1 aliphatic heterocycles. The second kappa shape index (κ2) is 7.15. The van der Waals surface area contributed by atoms with E-state index in [0.29, 0.717) is 22.1 Å². The molecule has 0 spiro atoms. The van der Waals surface area contributed by atoms with E-state index in [1.165, 1.54) is 7.11 Å². The highest BCUT2D eigenvalue weighted by atomic mass is 32.1. The predicted octanol–water partition coefficient (Wildman–Crippen LogP) is 3.95. The monoisotopic (exact) mass is 390 g/mol. The van der Waals surface area contributed by atoms with E-state index in [4.69, 9.17) is 17.0 Å². The van der Waals surface area contributed by atoms with Gasteiger partial charge in [0.1, 0.15) is 5.75 Å². The van der Waals surface area contributed by atoms with Gasteiger partial charge in [-0.3, -0.25) is 0 Å². The SMILES string of the molecule is COC(=O)C1=C(C)NC(=S)N[C@H]1c1cc(C(C)(C)C)c(O)c(C(C)(C)C)c1. The molecule has 0 bridgehead atoms. The number of aromatic hydroxyl groups is 1. The zero-order valence-corrected chi connectivity index (χ0v) is 18.2. The fraction of sp³-hybridized carbons (Fsp3) is 0.524. The Labute approximate surface area is 167 Å². The van der Waals surface area contributed by atoms with Crippen molar-refractivity contribution in [3.8, 4) is 5.75 Å². The summed E-state index contributed by atoms with van der Waals surface area (Å²) < 4.78 is 5.00. The summed E-state index contributed by atoms with van der Waals surface area (Å²) in [6.07, 6.45) is 0. The third-order valence-corrected chi connectivity index (χ3v) is 4.98. The standard InChI is InChI=1S/C21H30N2O3S/c1-11-15(18(25)26-8)16(23-19(27)22-11)12-9-13(20(2,3)4)17(24)14(10-12)21(5,6)7/h9-10,16,24H,1-8H3,(H2,22,23,27)/t16-/m0/s1. The van der Waals surface area contributed by atoms with Gasteiger partial charge in [-0.05, 0) is 58.8 Å². The van der Waals surface area contributed by atoms with Crippen LogP contribution in [0.15, 0.2) is 23.4 Å². The first-order chi connectivity index (χ1) is 12.3. The predicted molar refractivity (Wildman–Crippen MR) is 112 cm³/mol. The molecule has 0 unspecified atom stereocenters. The number of phenols is 1. The number of allylic oxidation sites excluding steroid dienone is 1. The van der Waals surface area contributed by atoms with Gasteiger partial charge in [0.15, 0.2) is 5.11 Å². The van der Waals surface area contributed by atoms with Gasteiger partial charge < -0.3 is 20.5 Å². The van der Waals surface area contributed by atoms with E-state index in [1.807, 2.05) is 19.1 Å². The molecule has 1 heterocycles. The maximum Gasteiger partial charge on any atom is 0.337 e. The molecular weight excluding hydrogens is 360 g/mol. The minimum Gasteiger partial charge on any atom is -0.507 e. The Bertz CT molecular complexity index is 779. The Morgan fingerprint density at radius 3 is 2.00 bits per heavy atom. The lowest BCUT2D eigenvalue weighted by molar-refractivity contribution is -0.136. The molecule has 3 N–H and O–H groups in total. The summed E-state index contributed by atoms with van der Waals surface area (Å²) in [7, 11) is 1.37. The van der Waals surface area contributed by atoms with Gasteiger partial charge in [0.2, 0.25) is 0 Å². The number of rotatable bonds is 2. The van der Waals surface area contributed by atoms with E-state index in [1.54, 1.807) is 0 Å². The molecule has 1 aromatic rings. The summed E-state index contributed by atoms with van der Waals surface area (Å²) in [5, 5.41) is 17.6. The first kappa shape index (κ1) is 21.2. The highest BCUT2D eigenvalue weighted by Gasteiger charge is 2.34. The third-order valence-electron chi connectivity index (χ3n) is 4.76. The zero-order chi connectivity index (χ0) is 20.7. The van der Waals surface area contributed by atoms with Crippen LogP contribution < -0.4 is 10.6 Å². The summed E-state index contributed by atoms with van der Waals surface area (Å²) in [6.45, 7) is 14.1. The molecule has 148 valence electrons. The number of phenolic OH excluding ortho intramolecular Hbond substituents is 1. The molecule has 0 saturated heterocycles. The van der Waals surface area contributed by atoms with E-state index in [-0.39, 0.29) is 10.8 Å². The lowest BCUT2D eigenvalue weighted by atomic mass is 9.77. The van der Waals surface area contributed by atoms with Gasteiger partial charge in [0.05, 0.1) is 18.7 Å². The second-order valence-electron chi connectivity index (χ2n) is 9.03. The summed E-state index contributed by atoms with van der Waals surface area (Å²) in [6, 6.07) is 3.45. The van der Waals surface area contributed by atoms with Gasteiger partial charge in [0, 0.05) is 5.70 Å². The summed E-state index contributed by atoms with van der Waals surface area (Å²) >= 11 is 5.32. The number of nitrogens with one attached hydrogen (secondary N) is 2. The number of hydrogen-bond acceptors (Lipinski definition) is 4. The maximum atomic E-state index is 12.4. The molecule has 1 aromatic carbocycles. The van der Waals surface area contributed by atoms with E-state index >= 15 is 0 Å². The first-order valence-electron chi connectivity index (χ1n) is 9.01. The molecule has 0 saturated carbocycles. The first-order valence-corrected chi connectivity index (χ1v) is 9.42. The number of ether oxygens (including phenoxy) is 1. The maximum absolute atomic E-state index is 12.4. The van der Waals surface area contributed by atoms with E-state index < -0.39 is 12.0 Å². The minimum atomic E-state index is -0.450. The van der Waals surface area contributed by atoms with Crippen molar-refractivity contribution in [3.63, 3.8) is 0 Å². The van der Waals surface area contributed by atoms with Gasteiger partial charge in [0.25, 0.3) is 0 Å². The smallest absolute Gasteiger partial charge is 0.337 e. The molecule has 6 heteroatoms. The van der Waals surface area contributed by atoms with E-state index in [0.717, 1.165) is 16.7 Å². The van der Waals surface area contributed by atoms with Crippen molar-refractivity contribution < 1.29 is 14.6 Å². The highest BCUT2D eigenvalue weighted by molar-refractivity contribution is 7.80. The minimum absolute atomic E-state index is 0.266. The average molecular weight is 391 g/mol. The van der Waals surface area contributed by atoms with Crippen molar-refractivity contribution in [1.82, 2.24) is 10.6 Å². The summed E-state index contributed by atoms with van der Waals surface area (Å²) in [5.41, 5.74) is 3.15. The molecule has 27 heavy (non-hydrogen) atoms. The molecule has 0 amide bonds. The van der Waals surface area contributed by atoms with Gasteiger partial charge in [-0.15, -0.1) is 0 Å². The zero-order valence-electron chi connectivity index (χ0n) is 17.4. The Hall–Kier alpha value is -2.08. The fourth-order valence-corrected chi connectivity index (χ4v) is 3.56. The van der Waals surface area contributed by atoms with Crippen molar-refractivity contribution >= 4 is 23.3 Å². The molecule has 5 nitrogen and oxygen atoms in total. The Kier molecular flexibility index (Phi) is 5.62. The number of hydrogen-bond donors (Lipinski definition) is 3. The number of methoxy groups -OCH3 is 1. The van der Waals surface area contributed by atoms with Crippen LogP contribution in [-0.2, 0) is 20.4 Å². The Morgan fingerprint density at radius 1 is 1.11 bits per heavy atom. The van der Waals surface area contributed by atoms with Crippen LogP contribution in [-0.4, -0.2) is 23.3 Å². The number of benzene rings is 1. The molecule has 0 fully saturated rings. The van der Waals surface area contributed by atoms with Crippen LogP contribution >= 0.6 is 12.2 Å².